The summed E-state index contributed by atoms with van der Waals surface area (Å²) < 4.78 is 11.2. The van der Waals surface area contributed by atoms with Crippen molar-refractivity contribution < 1.29 is 28.7 Å². The van der Waals surface area contributed by atoms with Crippen LogP contribution in [0.3, 0.4) is 0 Å². The molecule has 0 aromatic heterocycles. The third kappa shape index (κ3) is 6.04. The maximum Gasteiger partial charge on any atom is 0.338 e. The summed E-state index contributed by atoms with van der Waals surface area (Å²) >= 11 is 0. The van der Waals surface area contributed by atoms with E-state index >= 15 is 0 Å². The minimum Gasteiger partial charge on any atom is -0.489 e. The molecule has 1 saturated heterocycles. The summed E-state index contributed by atoms with van der Waals surface area (Å²) in [6.07, 6.45) is 1.17. The van der Waals surface area contributed by atoms with Gasteiger partial charge in [0.1, 0.15) is 12.4 Å². The first-order valence-corrected chi connectivity index (χ1v) is 14.9. The summed E-state index contributed by atoms with van der Waals surface area (Å²) in [5.41, 5.74) is 3.29. The number of rotatable bonds is 9. The van der Waals surface area contributed by atoms with Crippen LogP contribution in [0.25, 0.3) is 0 Å². The molecule has 44 heavy (non-hydrogen) atoms. The van der Waals surface area contributed by atoms with Crippen LogP contribution in [0, 0.1) is 11.8 Å². The van der Waals surface area contributed by atoms with Gasteiger partial charge in [-0.05, 0) is 91.8 Å². The quantitative estimate of drug-likeness (QED) is 0.122. The van der Waals surface area contributed by atoms with Crippen molar-refractivity contribution in [2.45, 2.75) is 44.8 Å². The normalized spacial score (nSPS) is 20.1. The molecule has 4 unspecified atom stereocenters. The molecule has 222 valence electrons. The van der Waals surface area contributed by atoms with Gasteiger partial charge in [0.05, 0.1) is 23.1 Å². The second kappa shape index (κ2) is 12.7. The molecule has 4 atom stereocenters. The summed E-state index contributed by atoms with van der Waals surface area (Å²) in [4.78, 5) is 53.7. The number of esters is 1. The molecular formula is C37H33NO6. The lowest BCUT2D eigenvalue weighted by Gasteiger charge is -2.28. The molecule has 7 nitrogen and oxygen atoms in total. The summed E-state index contributed by atoms with van der Waals surface area (Å²) in [6, 6.07) is 32.8. The summed E-state index contributed by atoms with van der Waals surface area (Å²) in [5.74, 6) is -1.16. The maximum atomic E-state index is 13.4. The van der Waals surface area contributed by atoms with Crippen molar-refractivity contribution in [1.82, 2.24) is 0 Å². The van der Waals surface area contributed by atoms with Gasteiger partial charge in [0.15, 0.2) is 6.10 Å². The Morgan fingerprint density at radius 2 is 1.36 bits per heavy atom. The Kier molecular flexibility index (Phi) is 8.37. The van der Waals surface area contributed by atoms with Gasteiger partial charge in [-0.3, -0.25) is 19.3 Å². The first-order valence-electron chi connectivity index (χ1n) is 14.9. The highest BCUT2D eigenvalue weighted by molar-refractivity contribution is 6.22. The highest BCUT2D eigenvalue weighted by Crippen LogP contribution is 2.45. The molecule has 1 heterocycles. The number of imide groups is 1. The van der Waals surface area contributed by atoms with Crippen LogP contribution in [-0.4, -0.2) is 29.7 Å². The van der Waals surface area contributed by atoms with E-state index in [1.165, 1.54) is 29.5 Å². The van der Waals surface area contributed by atoms with Gasteiger partial charge in [-0.1, -0.05) is 60.7 Å². The maximum absolute atomic E-state index is 13.4. The number of Topliss-reactive ketones (excluding diaryl/α,β-unsaturated/α-hetero) is 1. The number of fused-ring (bicyclic) bond motifs is 1. The van der Waals surface area contributed by atoms with E-state index < -0.39 is 12.1 Å². The van der Waals surface area contributed by atoms with Crippen molar-refractivity contribution in [3.8, 4) is 5.75 Å². The number of carbonyl (C=O) groups excluding carboxylic acids is 4. The predicted molar refractivity (Wildman–Crippen MR) is 165 cm³/mol. The van der Waals surface area contributed by atoms with Crippen LogP contribution in [0.5, 0.6) is 5.75 Å². The third-order valence-corrected chi connectivity index (χ3v) is 8.60. The topological polar surface area (TPSA) is 90.0 Å². The molecular weight excluding hydrogens is 554 g/mol. The van der Waals surface area contributed by atoms with Crippen LogP contribution in [0.15, 0.2) is 109 Å². The van der Waals surface area contributed by atoms with Gasteiger partial charge >= 0.3 is 5.97 Å². The van der Waals surface area contributed by atoms with E-state index in [-0.39, 0.29) is 40.9 Å². The average Bonchev–Trinajstić information content (AvgIpc) is 3.32. The molecule has 2 aliphatic rings. The minimum absolute atomic E-state index is 0.183. The summed E-state index contributed by atoms with van der Waals surface area (Å²) in [6.45, 7) is 1.94. The smallest absolute Gasteiger partial charge is 0.338 e. The molecule has 6 rings (SSSR count). The third-order valence-electron chi connectivity index (χ3n) is 8.60. The molecule has 1 aliphatic heterocycles. The Morgan fingerprint density at radius 3 is 2.05 bits per heavy atom. The molecule has 1 saturated carbocycles. The number of hydrogen-bond acceptors (Lipinski definition) is 6. The first kappa shape index (κ1) is 29.1. The van der Waals surface area contributed by atoms with Crippen LogP contribution in [0.1, 0.15) is 63.9 Å². The Morgan fingerprint density at radius 1 is 0.750 bits per heavy atom. The molecule has 0 spiro atoms. The molecule has 4 aromatic rings. The highest BCUT2D eigenvalue weighted by atomic mass is 16.5. The van der Waals surface area contributed by atoms with Crippen molar-refractivity contribution >= 4 is 29.3 Å². The lowest BCUT2D eigenvalue weighted by atomic mass is 9.73. The largest absolute Gasteiger partial charge is 0.489 e. The minimum atomic E-state index is -1.01. The second-order valence-electron chi connectivity index (χ2n) is 11.4. The van der Waals surface area contributed by atoms with E-state index in [1.54, 1.807) is 36.4 Å². The van der Waals surface area contributed by atoms with Crippen LogP contribution in [0.4, 0.5) is 5.69 Å². The summed E-state index contributed by atoms with van der Waals surface area (Å²) in [5, 5.41) is 0. The van der Waals surface area contributed by atoms with Crippen LogP contribution in [0.2, 0.25) is 0 Å². The van der Waals surface area contributed by atoms with E-state index in [1.807, 2.05) is 48.5 Å². The van der Waals surface area contributed by atoms with Crippen LogP contribution in [-0.2, 0) is 20.9 Å². The molecule has 2 amide bonds. The zero-order valence-corrected chi connectivity index (χ0v) is 24.4. The Hall–Kier alpha value is -5.04. The number of carbonyl (C=O) groups is 4. The van der Waals surface area contributed by atoms with Gasteiger partial charge in [0.25, 0.3) is 0 Å². The second-order valence-corrected chi connectivity index (χ2v) is 11.4. The predicted octanol–water partition coefficient (Wildman–Crippen LogP) is 6.77. The zero-order valence-electron chi connectivity index (χ0n) is 24.4. The number of amides is 2. The zero-order chi connectivity index (χ0) is 30.6. The van der Waals surface area contributed by atoms with Crippen molar-refractivity contribution in [1.29, 1.82) is 0 Å². The molecule has 2 fully saturated rings. The van der Waals surface area contributed by atoms with E-state index in [4.69, 9.17) is 9.47 Å². The van der Waals surface area contributed by atoms with E-state index in [9.17, 15) is 19.2 Å². The van der Waals surface area contributed by atoms with Gasteiger partial charge in [-0.25, -0.2) is 4.79 Å². The first-order chi connectivity index (χ1) is 21.4. The lowest BCUT2D eigenvalue weighted by molar-refractivity contribution is -0.122. The fourth-order valence-electron chi connectivity index (χ4n) is 6.18. The SMILES string of the molecule is CC(OC(=O)c1ccc(N2C(=O)C3CCC(c4ccccc4)CC3C2=O)cc1)C(=O)c1ccc(OCc2ccccc2)cc1. The Labute approximate surface area is 256 Å². The Balaban J connectivity index is 1.05. The van der Waals surface area contributed by atoms with Gasteiger partial charge in [-0.2, -0.15) is 0 Å². The van der Waals surface area contributed by atoms with E-state index in [0.29, 0.717) is 36.4 Å². The number of ether oxygens (including phenoxy) is 2. The molecule has 7 heteroatoms. The molecule has 0 radical (unpaired) electrons. The summed E-state index contributed by atoms with van der Waals surface area (Å²) in [7, 11) is 0. The van der Waals surface area contributed by atoms with E-state index in [0.717, 1.165) is 12.0 Å². The monoisotopic (exact) mass is 587 g/mol. The van der Waals surface area contributed by atoms with Crippen molar-refractivity contribution in [2.75, 3.05) is 4.90 Å². The lowest BCUT2D eigenvalue weighted by Crippen LogP contribution is -2.31. The highest BCUT2D eigenvalue weighted by Gasteiger charge is 2.50. The fraction of sp³-hybridized carbons (Fsp3) is 0.243. The van der Waals surface area contributed by atoms with Crippen LogP contribution < -0.4 is 9.64 Å². The number of nitrogens with zero attached hydrogens (tertiary/aromatic N) is 1. The number of hydrogen-bond donors (Lipinski definition) is 0. The van der Waals surface area contributed by atoms with E-state index in [2.05, 4.69) is 12.1 Å². The van der Waals surface area contributed by atoms with Gasteiger partial charge < -0.3 is 9.47 Å². The standard InChI is InChI=1S/C37H33NO6/c1-24(34(39)27-14-19-31(20-15-27)43-23-25-8-4-2-5-9-25)44-37(42)28-12-17-30(18-13-28)38-35(40)32-21-16-29(22-33(32)36(38)41)26-10-6-3-7-11-26/h2-15,17-20,24,29,32-33H,16,21-23H2,1H3. The molecule has 4 aromatic carbocycles. The van der Waals surface area contributed by atoms with Crippen LogP contribution >= 0.6 is 0 Å². The van der Waals surface area contributed by atoms with Gasteiger partial charge in [0, 0.05) is 5.56 Å². The van der Waals surface area contributed by atoms with Crippen molar-refractivity contribution in [3.05, 3.63) is 131 Å². The Bertz CT molecular complexity index is 1650. The van der Waals surface area contributed by atoms with Gasteiger partial charge in [0.2, 0.25) is 17.6 Å². The molecule has 0 bridgehead atoms. The van der Waals surface area contributed by atoms with Crippen molar-refractivity contribution in [2.24, 2.45) is 11.8 Å². The van der Waals surface area contributed by atoms with Crippen molar-refractivity contribution in [3.63, 3.8) is 0 Å². The molecule has 1 aliphatic carbocycles. The van der Waals surface area contributed by atoms with Gasteiger partial charge in [-0.15, -0.1) is 0 Å². The number of benzene rings is 4. The average molecular weight is 588 g/mol. The number of anilines is 1. The molecule has 0 N–H and O–H groups in total. The fourth-order valence-corrected chi connectivity index (χ4v) is 6.18. The number of ketones is 1.